The highest BCUT2D eigenvalue weighted by Crippen LogP contribution is 2.50. The largest absolute Gasteiger partial charge is 0.365 e. The smallest absolute Gasteiger partial charge is 0.244 e. The van der Waals surface area contributed by atoms with E-state index in [0.717, 1.165) is 22.3 Å². The van der Waals surface area contributed by atoms with Crippen molar-refractivity contribution < 1.29 is 9.59 Å². The summed E-state index contributed by atoms with van der Waals surface area (Å²) in [7, 11) is 3.24. The first kappa shape index (κ1) is 20.3. The fraction of sp³-hybridized carbons (Fsp3) is 0.250. The van der Waals surface area contributed by atoms with Crippen molar-refractivity contribution in [1.29, 1.82) is 0 Å². The summed E-state index contributed by atoms with van der Waals surface area (Å²) in [5.74, 6) is 1.29. The number of carbonyl (C=O) groups excluding carboxylic acids is 2. The van der Waals surface area contributed by atoms with Crippen molar-refractivity contribution in [1.82, 2.24) is 30.9 Å². The van der Waals surface area contributed by atoms with E-state index in [1.54, 1.807) is 27.9 Å². The molecular weight excluding hydrogens is 432 g/mol. The molecule has 0 aromatic heterocycles. The highest BCUT2D eigenvalue weighted by Gasteiger charge is 2.41. The quantitative estimate of drug-likeness (QED) is 0.641. The van der Waals surface area contributed by atoms with E-state index in [9.17, 15) is 9.59 Å². The van der Waals surface area contributed by atoms with E-state index >= 15 is 0 Å². The summed E-state index contributed by atoms with van der Waals surface area (Å²) in [6, 6.07) is -0.603. The number of rotatable bonds is 2. The van der Waals surface area contributed by atoms with Crippen LogP contribution in [0.5, 0.6) is 0 Å². The van der Waals surface area contributed by atoms with Crippen LogP contribution in [-0.4, -0.2) is 57.9 Å². The van der Waals surface area contributed by atoms with Gasteiger partial charge in [-0.25, -0.2) is 19.6 Å². The predicted molar refractivity (Wildman–Crippen MR) is 125 cm³/mol. The Balaban J connectivity index is 1.41. The van der Waals surface area contributed by atoms with Gasteiger partial charge in [-0.1, -0.05) is 24.3 Å². The third-order valence-corrected chi connectivity index (χ3v) is 6.45. The number of hydrogen-bond acceptors (Lipinski definition) is 4. The zero-order valence-corrected chi connectivity index (χ0v) is 19.2. The highest BCUT2D eigenvalue weighted by atomic mass is 16.2. The van der Waals surface area contributed by atoms with Crippen LogP contribution in [-0.2, 0) is 0 Å². The lowest BCUT2D eigenvalue weighted by molar-refractivity contribution is 0.158. The third kappa shape index (κ3) is 2.95. The van der Waals surface area contributed by atoms with Gasteiger partial charge in [-0.05, 0) is 60.4 Å². The van der Waals surface area contributed by atoms with Crippen molar-refractivity contribution >= 4 is 23.7 Å². The average Bonchev–Trinajstić information content (AvgIpc) is 2.81. The van der Waals surface area contributed by atoms with Crippen LogP contribution in [0.2, 0.25) is 0 Å². The molecule has 170 valence electrons. The first-order valence-corrected chi connectivity index (χ1v) is 11.0. The van der Waals surface area contributed by atoms with Gasteiger partial charge in [0.25, 0.3) is 0 Å². The van der Waals surface area contributed by atoms with Crippen LogP contribution in [0.3, 0.4) is 0 Å². The van der Waals surface area contributed by atoms with Gasteiger partial charge in [-0.2, -0.15) is 20.9 Å². The van der Waals surface area contributed by atoms with Gasteiger partial charge in [0.2, 0.25) is 0 Å². The summed E-state index contributed by atoms with van der Waals surface area (Å²) < 4.78 is 0. The van der Waals surface area contributed by atoms with Crippen molar-refractivity contribution in [3.63, 3.8) is 0 Å². The van der Waals surface area contributed by atoms with Gasteiger partial charge in [0.1, 0.15) is 0 Å². The topological polar surface area (TPSA) is 100 Å². The van der Waals surface area contributed by atoms with Crippen LogP contribution >= 0.6 is 0 Å². The minimum absolute atomic E-state index is 0.130. The van der Waals surface area contributed by atoms with Crippen LogP contribution in [0.4, 0.5) is 9.59 Å². The monoisotopic (exact) mass is 454 g/mol. The Morgan fingerprint density at radius 3 is 1.47 bits per heavy atom. The predicted octanol–water partition coefficient (Wildman–Crippen LogP) is 2.74. The molecule has 2 heterocycles. The van der Waals surface area contributed by atoms with Crippen molar-refractivity contribution in [2.24, 2.45) is 22.0 Å². The number of amidine groups is 2. The summed E-state index contributed by atoms with van der Waals surface area (Å²) in [6.45, 7) is 3.52. The van der Waals surface area contributed by atoms with Gasteiger partial charge in [0, 0.05) is 25.9 Å². The molecule has 0 saturated heterocycles. The fourth-order valence-electron chi connectivity index (χ4n) is 5.06. The van der Waals surface area contributed by atoms with E-state index in [1.165, 1.54) is 20.0 Å². The minimum atomic E-state index is -0.302. The molecule has 4 aliphatic carbocycles. The standard InChI is InChI=1S/C24H22N8O2/c1-13-25-29(3)23(33)31(27-13)19-9-15-5-7-17-11-20(32-24(34)30(4)26-14(2)28-32)12-18-8-6-16(10-19)21(15)22(17)18/h5-12,21-22H,1-4H3. The first-order valence-electron chi connectivity index (χ1n) is 11.0. The number of amides is 4. The molecule has 0 bridgehead atoms. The Bertz CT molecular complexity index is 1220. The van der Waals surface area contributed by atoms with Crippen molar-refractivity contribution in [3.8, 4) is 0 Å². The van der Waals surface area contributed by atoms with Crippen molar-refractivity contribution in [2.75, 3.05) is 14.1 Å². The van der Waals surface area contributed by atoms with Crippen molar-refractivity contribution in [3.05, 3.63) is 82.3 Å². The maximum atomic E-state index is 12.7. The molecule has 34 heavy (non-hydrogen) atoms. The molecule has 0 fully saturated rings. The lowest BCUT2D eigenvalue weighted by Gasteiger charge is -2.42. The molecule has 0 aromatic carbocycles. The van der Waals surface area contributed by atoms with Crippen LogP contribution in [0, 0.1) is 11.8 Å². The molecule has 6 rings (SSSR count). The number of nitrogens with zero attached hydrogens (tertiary/aromatic N) is 8. The minimum Gasteiger partial charge on any atom is -0.244 e. The fourth-order valence-corrected chi connectivity index (χ4v) is 5.06. The first-order chi connectivity index (χ1) is 16.3. The van der Waals surface area contributed by atoms with E-state index in [1.807, 2.05) is 24.3 Å². The Kier molecular flexibility index (Phi) is 4.22. The van der Waals surface area contributed by atoms with Gasteiger partial charge in [0.05, 0.1) is 11.4 Å². The second kappa shape index (κ2) is 7.08. The van der Waals surface area contributed by atoms with E-state index < -0.39 is 0 Å². The molecule has 2 atom stereocenters. The van der Waals surface area contributed by atoms with Gasteiger partial charge >= 0.3 is 12.1 Å². The van der Waals surface area contributed by atoms with Gasteiger partial charge in [0.15, 0.2) is 11.7 Å². The van der Waals surface area contributed by atoms with E-state index in [4.69, 9.17) is 0 Å². The summed E-state index contributed by atoms with van der Waals surface area (Å²) >= 11 is 0. The molecule has 0 saturated carbocycles. The van der Waals surface area contributed by atoms with Gasteiger partial charge < -0.3 is 0 Å². The zero-order chi connectivity index (χ0) is 23.7. The number of urea groups is 2. The number of hydrazone groups is 2. The molecule has 10 nitrogen and oxygen atoms in total. The average molecular weight is 454 g/mol. The summed E-state index contributed by atoms with van der Waals surface area (Å²) in [5.41, 5.74) is 14.1. The van der Waals surface area contributed by atoms with Crippen LogP contribution in [0.15, 0.2) is 92.5 Å². The molecule has 6 aliphatic rings. The summed E-state index contributed by atoms with van der Waals surface area (Å²) in [5, 5.41) is 14.1. The normalized spacial score (nSPS) is 27.3. The Morgan fingerprint density at radius 2 is 1.06 bits per heavy atom. The Morgan fingerprint density at radius 1 is 0.647 bits per heavy atom. The molecule has 0 aromatic rings. The van der Waals surface area contributed by atoms with Crippen molar-refractivity contribution in [2.45, 2.75) is 13.8 Å². The molecular formula is C24H22N8O2. The van der Waals surface area contributed by atoms with Gasteiger partial charge in [-0.3, -0.25) is 0 Å². The molecule has 0 spiro atoms. The number of hydrogen-bond donors (Lipinski definition) is 0. The van der Waals surface area contributed by atoms with Crippen LogP contribution in [0.1, 0.15) is 13.8 Å². The second-order valence-corrected chi connectivity index (χ2v) is 8.78. The molecule has 2 unspecified atom stereocenters. The molecule has 10 heteroatoms. The summed E-state index contributed by atoms with van der Waals surface area (Å²) in [4.78, 5) is 25.4. The van der Waals surface area contributed by atoms with E-state index in [0.29, 0.717) is 23.1 Å². The Hall–Kier alpha value is -4.34. The SMILES string of the molecule is CC1=NN(C2=CC3=CC=C4C=C(N5N=C(C)[N]N(C)C5=O)C=C5C=CC(=C2)C3C45)C(=O)N(C)[N]1. The lowest BCUT2D eigenvalue weighted by Crippen LogP contribution is -2.49. The third-order valence-electron chi connectivity index (χ3n) is 6.45. The number of allylic oxidation sites excluding steroid dienone is 12. The molecule has 4 amide bonds. The maximum Gasteiger partial charge on any atom is 0.365 e. The highest BCUT2D eigenvalue weighted by molar-refractivity contribution is 5.89. The van der Waals surface area contributed by atoms with E-state index in [-0.39, 0.29) is 23.9 Å². The van der Waals surface area contributed by atoms with E-state index in [2.05, 4.69) is 45.4 Å². The second-order valence-electron chi connectivity index (χ2n) is 8.78. The number of carbonyl (C=O) groups is 2. The molecule has 0 N–H and O–H groups in total. The van der Waals surface area contributed by atoms with Crippen LogP contribution in [0.25, 0.3) is 0 Å². The van der Waals surface area contributed by atoms with Gasteiger partial charge in [-0.15, -0.1) is 10.2 Å². The Labute approximate surface area is 196 Å². The lowest BCUT2D eigenvalue weighted by atomic mass is 9.64. The van der Waals surface area contributed by atoms with Crippen LogP contribution < -0.4 is 10.9 Å². The molecule has 2 radical (unpaired) electrons. The summed E-state index contributed by atoms with van der Waals surface area (Å²) in [6.07, 6.45) is 16.4. The zero-order valence-electron chi connectivity index (χ0n) is 19.2. The molecule has 2 aliphatic heterocycles. The maximum absolute atomic E-state index is 12.7.